The molecular weight excluding hydrogens is 360 g/mol. The first kappa shape index (κ1) is 15.6. The van der Waals surface area contributed by atoms with Crippen molar-refractivity contribution in [1.82, 2.24) is 5.32 Å². The number of hydrogen-bond donors (Lipinski definition) is 1. The number of nitrogens with one attached hydrogen (secondary N) is 1. The van der Waals surface area contributed by atoms with Crippen LogP contribution in [0, 0.1) is 0 Å². The fourth-order valence-electron chi connectivity index (χ4n) is 2.43. The molecule has 1 aliphatic rings. The molecule has 0 fully saturated rings. The lowest BCUT2D eigenvalue weighted by Crippen LogP contribution is -2.49. The Morgan fingerprint density at radius 3 is 2.70 bits per heavy atom. The molecule has 2 amide bonds. The van der Waals surface area contributed by atoms with Crippen LogP contribution in [-0.4, -0.2) is 31.5 Å². The van der Waals surface area contributed by atoms with E-state index < -0.39 is 6.10 Å². The van der Waals surface area contributed by atoms with E-state index in [-0.39, 0.29) is 18.4 Å². The molecule has 23 heavy (non-hydrogen) atoms. The summed E-state index contributed by atoms with van der Waals surface area (Å²) in [5.41, 5.74) is 1.25. The van der Waals surface area contributed by atoms with E-state index in [1.807, 2.05) is 24.3 Å². The van der Waals surface area contributed by atoms with Crippen molar-refractivity contribution in [2.24, 2.45) is 0 Å². The monoisotopic (exact) mass is 374 g/mol. The van der Waals surface area contributed by atoms with Crippen LogP contribution < -0.4 is 15.0 Å². The smallest absolute Gasteiger partial charge is 0.269 e. The largest absolute Gasteiger partial charge is 0.477 e. The van der Waals surface area contributed by atoms with Gasteiger partial charge in [0.25, 0.3) is 11.8 Å². The van der Waals surface area contributed by atoms with Crippen molar-refractivity contribution in [3.8, 4) is 5.75 Å². The zero-order valence-electron chi connectivity index (χ0n) is 12.5. The number of carbonyl (C=O) groups is 2. The Kier molecular flexibility index (Phi) is 4.34. The highest BCUT2D eigenvalue weighted by molar-refractivity contribution is 9.10. The molecule has 6 heteroatoms. The van der Waals surface area contributed by atoms with Gasteiger partial charge in [0, 0.05) is 11.5 Å². The first-order valence-electron chi connectivity index (χ1n) is 7.14. The third-order valence-electron chi connectivity index (χ3n) is 3.67. The molecule has 0 saturated heterocycles. The minimum atomic E-state index is -0.735. The summed E-state index contributed by atoms with van der Waals surface area (Å²) < 4.78 is 6.42. The third kappa shape index (κ3) is 3.07. The number of nitrogens with zero attached hydrogens (tertiary/aromatic N) is 1. The summed E-state index contributed by atoms with van der Waals surface area (Å²) in [6.45, 7) is 0.109. The summed E-state index contributed by atoms with van der Waals surface area (Å²) in [4.78, 5) is 26.1. The van der Waals surface area contributed by atoms with Crippen molar-refractivity contribution >= 4 is 33.4 Å². The molecule has 1 N–H and O–H groups in total. The molecule has 2 aromatic rings. The van der Waals surface area contributed by atoms with Gasteiger partial charge < -0.3 is 15.0 Å². The number of ether oxygens (including phenoxy) is 1. The molecule has 1 unspecified atom stereocenters. The maximum Gasteiger partial charge on any atom is 0.269 e. The average Bonchev–Trinajstić information content (AvgIpc) is 2.57. The summed E-state index contributed by atoms with van der Waals surface area (Å²) in [5, 5.41) is 2.75. The van der Waals surface area contributed by atoms with Gasteiger partial charge in [-0.1, -0.05) is 24.3 Å². The van der Waals surface area contributed by atoms with Crippen LogP contribution in [-0.2, 0) is 4.79 Å². The van der Waals surface area contributed by atoms with Crippen molar-refractivity contribution in [2.45, 2.75) is 6.10 Å². The van der Waals surface area contributed by atoms with E-state index in [9.17, 15) is 9.59 Å². The first-order chi connectivity index (χ1) is 11.1. The topological polar surface area (TPSA) is 58.6 Å². The van der Waals surface area contributed by atoms with Crippen molar-refractivity contribution in [3.63, 3.8) is 0 Å². The SMILES string of the molecule is CN1C(=O)C(CNC(=O)c2ccccc2Br)Oc2ccccc21. The second-order valence-electron chi connectivity index (χ2n) is 5.16. The fourth-order valence-corrected chi connectivity index (χ4v) is 2.89. The molecule has 1 aliphatic heterocycles. The lowest BCUT2D eigenvalue weighted by atomic mass is 10.1. The van der Waals surface area contributed by atoms with Crippen molar-refractivity contribution in [1.29, 1.82) is 0 Å². The van der Waals surface area contributed by atoms with Crippen LogP contribution in [0.5, 0.6) is 5.75 Å². The number of amides is 2. The van der Waals surface area contributed by atoms with Gasteiger partial charge in [0.1, 0.15) is 5.75 Å². The number of likely N-dealkylation sites (N-methyl/N-ethyl adjacent to an activating group) is 1. The second-order valence-corrected chi connectivity index (χ2v) is 6.02. The molecule has 0 bridgehead atoms. The lowest BCUT2D eigenvalue weighted by Gasteiger charge is -2.31. The Hall–Kier alpha value is -2.34. The molecule has 0 aliphatic carbocycles. The predicted octanol–water partition coefficient (Wildman–Crippen LogP) is 2.60. The van der Waals surface area contributed by atoms with Crippen molar-refractivity contribution in [2.75, 3.05) is 18.5 Å². The number of anilines is 1. The standard InChI is InChI=1S/C17H15BrN2O3/c1-20-13-8-4-5-9-14(13)23-15(17(20)22)10-19-16(21)11-6-2-3-7-12(11)18/h2-9,15H,10H2,1H3,(H,19,21). The summed E-state index contributed by atoms with van der Waals surface area (Å²) in [5.74, 6) is 0.196. The van der Waals surface area contributed by atoms with Gasteiger partial charge in [-0.3, -0.25) is 9.59 Å². The number of benzene rings is 2. The molecular formula is C17H15BrN2O3. The molecule has 0 radical (unpaired) electrons. The average molecular weight is 375 g/mol. The van der Waals surface area contributed by atoms with Gasteiger partial charge in [-0.15, -0.1) is 0 Å². The second kappa shape index (κ2) is 6.42. The van der Waals surface area contributed by atoms with E-state index in [0.29, 0.717) is 15.8 Å². The van der Waals surface area contributed by atoms with Gasteiger partial charge in [-0.25, -0.2) is 0 Å². The minimum absolute atomic E-state index is 0.109. The van der Waals surface area contributed by atoms with Crippen LogP contribution in [0.15, 0.2) is 53.0 Å². The van der Waals surface area contributed by atoms with Crippen LogP contribution in [0.3, 0.4) is 0 Å². The van der Waals surface area contributed by atoms with Gasteiger partial charge in [0.05, 0.1) is 17.8 Å². The fraction of sp³-hybridized carbons (Fsp3) is 0.176. The zero-order chi connectivity index (χ0) is 16.4. The molecule has 2 aromatic carbocycles. The molecule has 0 aromatic heterocycles. The Morgan fingerprint density at radius 1 is 1.22 bits per heavy atom. The van der Waals surface area contributed by atoms with Crippen molar-refractivity contribution < 1.29 is 14.3 Å². The zero-order valence-corrected chi connectivity index (χ0v) is 14.0. The van der Waals surface area contributed by atoms with Crippen LogP contribution >= 0.6 is 15.9 Å². The van der Waals surface area contributed by atoms with Crippen LogP contribution in [0.25, 0.3) is 0 Å². The molecule has 0 spiro atoms. The Balaban J connectivity index is 1.71. The molecule has 1 atom stereocenters. The van der Waals surface area contributed by atoms with Crippen LogP contribution in [0.4, 0.5) is 5.69 Å². The number of hydrogen-bond acceptors (Lipinski definition) is 3. The van der Waals surface area contributed by atoms with E-state index in [4.69, 9.17) is 4.74 Å². The molecule has 0 saturated carbocycles. The first-order valence-corrected chi connectivity index (χ1v) is 7.93. The van der Waals surface area contributed by atoms with Gasteiger partial charge in [-0.2, -0.15) is 0 Å². The van der Waals surface area contributed by atoms with E-state index in [0.717, 1.165) is 5.69 Å². The van der Waals surface area contributed by atoms with Gasteiger partial charge in [0.2, 0.25) is 0 Å². The molecule has 1 heterocycles. The highest BCUT2D eigenvalue weighted by Crippen LogP contribution is 2.32. The summed E-state index contributed by atoms with van der Waals surface area (Å²) in [6, 6.07) is 14.4. The highest BCUT2D eigenvalue weighted by Gasteiger charge is 2.32. The quantitative estimate of drug-likeness (QED) is 0.897. The van der Waals surface area contributed by atoms with E-state index >= 15 is 0 Å². The normalized spacial score (nSPS) is 16.5. The number of rotatable bonds is 3. The Bertz CT molecular complexity index is 763. The van der Waals surface area contributed by atoms with Gasteiger partial charge in [0.15, 0.2) is 6.10 Å². The maximum absolute atomic E-state index is 12.3. The van der Waals surface area contributed by atoms with Gasteiger partial charge >= 0.3 is 0 Å². The van der Waals surface area contributed by atoms with Gasteiger partial charge in [-0.05, 0) is 40.2 Å². The highest BCUT2D eigenvalue weighted by atomic mass is 79.9. The maximum atomic E-state index is 12.3. The summed E-state index contributed by atoms with van der Waals surface area (Å²) >= 11 is 3.34. The minimum Gasteiger partial charge on any atom is -0.477 e. The van der Waals surface area contributed by atoms with Crippen molar-refractivity contribution in [3.05, 3.63) is 58.6 Å². The predicted molar refractivity (Wildman–Crippen MR) is 90.7 cm³/mol. The number of carbonyl (C=O) groups excluding carboxylic acids is 2. The third-order valence-corrected chi connectivity index (χ3v) is 4.36. The van der Waals surface area contributed by atoms with E-state index in [1.54, 1.807) is 36.2 Å². The number of halogens is 1. The number of fused-ring (bicyclic) bond motifs is 1. The van der Waals surface area contributed by atoms with Crippen LogP contribution in [0.2, 0.25) is 0 Å². The molecule has 118 valence electrons. The lowest BCUT2D eigenvalue weighted by molar-refractivity contribution is -0.125. The summed E-state index contributed by atoms with van der Waals surface area (Å²) in [6.07, 6.45) is -0.735. The van der Waals surface area contributed by atoms with Crippen LogP contribution in [0.1, 0.15) is 10.4 Å². The molecule has 3 rings (SSSR count). The summed E-state index contributed by atoms with van der Waals surface area (Å²) in [7, 11) is 1.70. The van der Waals surface area contributed by atoms with E-state index in [1.165, 1.54) is 0 Å². The Labute approximate surface area is 142 Å². The van der Waals surface area contributed by atoms with E-state index in [2.05, 4.69) is 21.2 Å². The number of para-hydroxylation sites is 2. The Morgan fingerprint density at radius 2 is 1.91 bits per heavy atom. The molecule has 5 nitrogen and oxygen atoms in total.